The van der Waals surface area contributed by atoms with Crippen molar-refractivity contribution in [2.24, 2.45) is 0 Å². The van der Waals surface area contributed by atoms with Crippen molar-refractivity contribution in [3.63, 3.8) is 0 Å². The monoisotopic (exact) mass is 370 g/mol. The molecule has 3 rings (SSSR count). The minimum absolute atomic E-state index is 0.0858. The summed E-state index contributed by atoms with van der Waals surface area (Å²) in [5.41, 5.74) is 0.485. The SMILES string of the molecule is O=C(CNC(=O)c1ccccc1F)Nc1cccc(N2C(=O)CNC2=O)c1. The maximum absolute atomic E-state index is 13.5. The van der Waals surface area contributed by atoms with E-state index in [1.54, 1.807) is 18.2 Å². The first-order chi connectivity index (χ1) is 13.0. The molecule has 1 saturated heterocycles. The van der Waals surface area contributed by atoms with E-state index in [0.29, 0.717) is 11.4 Å². The Kier molecular flexibility index (Phi) is 5.11. The molecule has 0 bridgehead atoms. The second kappa shape index (κ2) is 7.65. The Morgan fingerprint density at radius 3 is 2.59 bits per heavy atom. The van der Waals surface area contributed by atoms with E-state index in [-0.39, 0.29) is 18.7 Å². The van der Waals surface area contributed by atoms with E-state index < -0.39 is 29.6 Å². The summed E-state index contributed by atoms with van der Waals surface area (Å²) in [7, 11) is 0. The van der Waals surface area contributed by atoms with E-state index in [0.717, 1.165) is 11.0 Å². The largest absolute Gasteiger partial charge is 0.343 e. The Morgan fingerprint density at radius 2 is 1.89 bits per heavy atom. The van der Waals surface area contributed by atoms with Crippen LogP contribution in [0.4, 0.5) is 20.6 Å². The Morgan fingerprint density at radius 1 is 1.11 bits per heavy atom. The Hall–Kier alpha value is -3.75. The summed E-state index contributed by atoms with van der Waals surface area (Å²) >= 11 is 0. The summed E-state index contributed by atoms with van der Waals surface area (Å²) in [6.45, 7) is -0.460. The minimum atomic E-state index is -0.712. The molecular formula is C18H15FN4O4. The molecule has 9 heteroatoms. The quantitative estimate of drug-likeness (QED) is 0.689. The molecule has 5 amide bonds. The molecule has 8 nitrogen and oxygen atoms in total. The molecule has 0 atom stereocenters. The van der Waals surface area contributed by atoms with Gasteiger partial charge in [-0.05, 0) is 30.3 Å². The van der Waals surface area contributed by atoms with Gasteiger partial charge in [-0.2, -0.15) is 0 Å². The fourth-order valence-corrected chi connectivity index (χ4v) is 2.51. The zero-order chi connectivity index (χ0) is 19.4. The lowest BCUT2D eigenvalue weighted by Crippen LogP contribution is -2.33. The fraction of sp³-hybridized carbons (Fsp3) is 0.111. The molecule has 2 aromatic rings. The molecule has 0 aliphatic carbocycles. The van der Waals surface area contributed by atoms with E-state index in [2.05, 4.69) is 16.0 Å². The minimum Gasteiger partial charge on any atom is -0.343 e. The second-order valence-electron chi connectivity index (χ2n) is 5.65. The number of benzene rings is 2. The van der Waals surface area contributed by atoms with Crippen LogP contribution in [0.5, 0.6) is 0 Å². The van der Waals surface area contributed by atoms with Crippen molar-refractivity contribution in [3.05, 3.63) is 59.9 Å². The molecule has 0 saturated carbocycles. The Balaban J connectivity index is 1.61. The first-order valence-corrected chi connectivity index (χ1v) is 7.99. The second-order valence-corrected chi connectivity index (χ2v) is 5.65. The van der Waals surface area contributed by atoms with Gasteiger partial charge < -0.3 is 16.0 Å². The Labute approximate surface area is 153 Å². The third kappa shape index (κ3) is 4.09. The highest BCUT2D eigenvalue weighted by Crippen LogP contribution is 2.21. The summed E-state index contributed by atoms with van der Waals surface area (Å²) in [5.74, 6) is -2.34. The summed E-state index contributed by atoms with van der Waals surface area (Å²) < 4.78 is 13.5. The molecule has 27 heavy (non-hydrogen) atoms. The first-order valence-electron chi connectivity index (χ1n) is 7.99. The van der Waals surface area contributed by atoms with Crippen LogP contribution in [0.2, 0.25) is 0 Å². The standard InChI is InChI=1S/C18H15FN4O4/c19-14-7-2-1-6-13(14)17(26)20-9-15(24)22-11-4-3-5-12(8-11)23-16(25)10-21-18(23)27/h1-8H,9-10H2,(H,20,26)(H,21,27)(H,22,24). The van der Waals surface area contributed by atoms with E-state index in [4.69, 9.17) is 0 Å². The number of halogens is 1. The average molecular weight is 370 g/mol. The van der Waals surface area contributed by atoms with Crippen molar-refractivity contribution >= 4 is 35.1 Å². The predicted octanol–water partition coefficient (Wildman–Crippen LogP) is 1.25. The van der Waals surface area contributed by atoms with Gasteiger partial charge in [0.05, 0.1) is 24.3 Å². The average Bonchev–Trinajstić information content (AvgIpc) is 2.99. The zero-order valence-electron chi connectivity index (χ0n) is 14.0. The van der Waals surface area contributed by atoms with Crippen LogP contribution in [0, 0.1) is 5.82 Å². The number of imide groups is 1. The van der Waals surface area contributed by atoms with Gasteiger partial charge in [0, 0.05) is 5.69 Å². The molecule has 1 heterocycles. The van der Waals surface area contributed by atoms with Crippen LogP contribution in [0.15, 0.2) is 48.5 Å². The molecule has 0 radical (unpaired) electrons. The van der Waals surface area contributed by atoms with Gasteiger partial charge >= 0.3 is 6.03 Å². The number of hydrogen-bond donors (Lipinski definition) is 3. The van der Waals surface area contributed by atoms with Crippen LogP contribution < -0.4 is 20.9 Å². The molecule has 2 aromatic carbocycles. The highest BCUT2D eigenvalue weighted by Gasteiger charge is 2.30. The van der Waals surface area contributed by atoms with E-state index in [1.165, 1.54) is 24.3 Å². The lowest BCUT2D eigenvalue weighted by molar-refractivity contribution is -0.116. The number of rotatable bonds is 5. The molecule has 0 unspecified atom stereocenters. The molecule has 1 aliphatic rings. The fourth-order valence-electron chi connectivity index (χ4n) is 2.51. The smallest absolute Gasteiger partial charge is 0.329 e. The predicted molar refractivity (Wildman–Crippen MR) is 94.7 cm³/mol. The third-order valence-electron chi connectivity index (χ3n) is 3.76. The third-order valence-corrected chi connectivity index (χ3v) is 3.76. The van der Waals surface area contributed by atoms with Crippen molar-refractivity contribution in [2.45, 2.75) is 0 Å². The van der Waals surface area contributed by atoms with Crippen LogP contribution >= 0.6 is 0 Å². The topological polar surface area (TPSA) is 108 Å². The van der Waals surface area contributed by atoms with Crippen LogP contribution in [0.3, 0.4) is 0 Å². The maximum atomic E-state index is 13.5. The summed E-state index contributed by atoms with van der Waals surface area (Å²) in [4.78, 5) is 48.3. The lowest BCUT2D eigenvalue weighted by Gasteiger charge is -2.14. The Bertz CT molecular complexity index is 915. The van der Waals surface area contributed by atoms with Crippen molar-refractivity contribution in [3.8, 4) is 0 Å². The van der Waals surface area contributed by atoms with Crippen LogP contribution in [0.1, 0.15) is 10.4 Å². The first kappa shape index (κ1) is 18.1. The number of urea groups is 1. The number of hydrogen-bond acceptors (Lipinski definition) is 4. The number of nitrogens with one attached hydrogen (secondary N) is 3. The molecule has 1 aliphatic heterocycles. The zero-order valence-corrected chi connectivity index (χ0v) is 14.0. The van der Waals surface area contributed by atoms with Crippen molar-refractivity contribution < 1.29 is 23.6 Å². The van der Waals surface area contributed by atoms with Gasteiger partial charge in [-0.25, -0.2) is 14.1 Å². The lowest BCUT2D eigenvalue weighted by atomic mass is 10.2. The molecule has 138 valence electrons. The van der Waals surface area contributed by atoms with Crippen molar-refractivity contribution in [1.82, 2.24) is 10.6 Å². The summed E-state index contributed by atoms with van der Waals surface area (Å²) in [5, 5.41) is 7.27. The van der Waals surface area contributed by atoms with Crippen LogP contribution in [-0.2, 0) is 9.59 Å². The van der Waals surface area contributed by atoms with Gasteiger partial charge in [0.25, 0.3) is 11.8 Å². The van der Waals surface area contributed by atoms with Gasteiger partial charge in [-0.15, -0.1) is 0 Å². The molecular weight excluding hydrogens is 355 g/mol. The van der Waals surface area contributed by atoms with Gasteiger partial charge in [-0.1, -0.05) is 18.2 Å². The maximum Gasteiger partial charge on any atom is 0.329 e. The van der Waals surface area contributed by atoms with Gasteiger partial charge in [0.2, 0.25) is 5.91 Å². The van der Waals surface area contributed by atoms with E-state index in [1.807, 2.05) is 0 Å². The highest BCUT2D eigenvalue weighted by atomic mass is 19.1. The summed E-state index contributed by atoms with van der Waals surface area (Å²) in [6, 6.07) is 11.0. The van der Waals surface area contributed by atoms with E-state index >= 15 is 0 Å². The molecule has 3 N–H and O–H groups in total. The normalized spacial score (nSPS) is 13.3. The van der Waals surface area contributed by atoms with Crippen LogP contribution in [-0.4, -0.2) is 36.8 Å². The van der Waals surface area contributed by atoms with Crippen molar-refractivity contribution in [1.29, 1.82) is 0 Å². The molecule has 0 spiro atoms. The number of amides is 5. The number of carbonyl (C=O) groups is 4. The number of anilines is 2. The van der Waals surface area contributed by atoms with E-state index in [9.17, 15) is 23.6 Å². The molecule has 1 fully saturated rings. The van der Waals surface area contributed by atoms with Gasteiger partial charge in [-0.3, -0.25) is 14.4 Å². The number of carbonyl (C=O) groups excluding carboxylic acids is 4. The van der Waals surface area contributed by atoms with Gasteiger partial charge in [0.15, 0.2) is 0 Å². The van der Waals surface area contributed by atoms with Crippen LogP contribution in [0.25, 0.3) is 0 Å². The summed E-state index contributed by atoms with van der Waals surface area (Å²) in [6.07, 6.45) is 0. The van der Waals surface area contributed by atoms with Gasteiger partial charge in [0.1, 0.15) is 5.82 Å². The number of nitrogens with zero attached hydrogens (tertiary/aromatic N) is 1. The highest BCUT2D eigenvalue weighted by molar-refractivity contribution is 6.20. The van der Waals surface area contributed by atoms with Crippen molar-refractivity contribution in [2.75, 3.05) is 23.3 Å². The molecule has 0 aromatic heterocycles.